The Balaban J connectivity index is 2.06. The smallest absolute Gasteiger partial charge is 0.165 e. The fourth-order valence-corrected chi connectivity index (χ4v) is 2.13. The number of nitrogens with one attached hydrogen (secondary N) is 1. The largest absolute Gasteiger partial charge is 0.370 e. The number of fused-ring (bicyclic) bond motifs is 1. The third-order valence-corrected chi connectivity index (χ3v) is 2.91. The van der Waals surface area contributed by atoms with Crippen molar-refractivity contribution in [2.45, 2.75) is 26.0 Å². The van der Waals surface area contributed by atoms with E-state index in [9.17, 15) is 0 Å². The van der Waals surface area contributed by atoms with Gasteiger partial charge in [-0.05, 0) is 19.8 Å². The topological polar surface area (TPSA) is 64.9 Å². The molecule has 3 heterocycles. The minimum atomic E-state index is 0.0249. The van der Waals surface area contributed by atoms with Gasteiger partial charge in [-0.25, -0.2) is 14.6 Å². The maximum atomic E-state index is 5.62. The van der Waals surface area contributed by atoms with E-state index in [4.69, 9.17) is 4.74 Å². The monoisotopic (exact) mass is 233 g/mol. The molecule has 2 aromatic rings. The average Bonchev–Trinajstić information content (AvgIpc) is 2.97. The number of hydrogen-bond donors (Lipinski definition) is 1. The van der Waals surface area contributed by atoms with Crippen LogP contribution in [0.4, 0.5) is 5.82 Å². The Kier molecular flexibility index (Phi) is 2.64. The number of anilines is 1. The van der Waals surface area contributed by atoms with Crippen molar-refractivity contribution in [2.24, 2.45) is 0 Å². The van der Waals surface area contributed by atoms with Gasteiger partial charge in [0.25, 0.3) is 0 Å². The average molecular weight is 233 g/mol. The van der Waals surface area contributed by atoms with Gasteiger partial charge in [-0.3, -0.25) is 0 Å². The number of nitrogens with zero attached hydrogens (tertiary/aromatic N) is 4. The summed E-state index contributed by atoms with van der Waals surface area (Å²) in [4.78, 5) is 8.52. The lowest BCUT2D eigenvalue weighted by Crippen LogP contribution is -2.09. The van der Waals surface area contributed by atoms with Gasteiger partial charge < -0.3 is 10.1 Å². The lowest BCUT2D eigenvalue weighted by molar-refractivity contribution is 0.0499. The molecule has 0 spiro atoms. The molecule has 6 nitrogen and oxygen atoms in total. The molecule has 3 rings (SSSR count). The van der Waals surface area contributed by atoms with Crippen molar-refractivity contribution in [3.05, 3.63) is 12.5 Å². The van der Waals surface area contributed by atoms with Crippen LogP contribution in [-0.4, -0.2) is 32.9 Å². The van der Waals surface area contributed by atoms with E-state index in [1.54, 1.807) is 12.5 Å². The number of hydrogen-bond acceptors (Lipinski definition) is 5. The van der Waals surface area contributed by atoms with Crippen LogP contribution in [0.2, 0.25) is 0 Å². The van der Waals surface area contributed by atoms with Crippen molar-refractivity contribution in [3.8, 4) is 0 Å². The number of aromatic nitrogens is 4. The van der Waals surface area contributed by atoms with Gasteiger partial charge >= 0.3 is 0 Å². The lowest BCUT2D eigenvalue weighted by Gasteiger charge is -2.10. The first-order chi connectivity index (χ1) is 8.40. The summed E-state index contributed by atoms with van der Waals surface area (Å²) in [6.45, 7) is 3.67. The van der Waals surface area contributed by atoms with E-state index in [0.29, 0.717) is 0 Å². The number of ether oxygens (including phenoxy) is 1. The molecular formula is C11H15N5O. The van der Waals surface area contributed by atoms with Gasteiger partial charge in [-0.15, -0.1) is 0 Å². The fourth-order valence-electron chi connectivity index (χ4n) is 2.13. The van der Waals surface area contributed by atoms with Crippen molar-refractivity contribution in [2.75, 3.05) is 18.5 Å². The Labute approximate surface area is 99.0 Å². The summed E-state index contributed by atoms with van der Waals surface area (Å²) in [6.07, 6.45) is 5.47. The molecule has 1 aliphatic rings. The zero-order valence-corrected chi connectivity index (χ0v) is 9.76. The van der Waals surface area contributed by atoms with Gasteiger partial charge in [0.15, 0.2) is 11.9 Å². The van der Waals surface area contributed by atoms with E-state index in [2.05, 4.69) is 20.4 Å². The van der Waals surface area contributed by atoms with E-state index in [-0.39, 0.29) is 6.23 Å². The Bertz CT molecular complexity index is 518. The second-order valence-corrected chi connectivity index (χ2v) is 4.05. The molecule has 0 amide bonds. The van der Waals surface area contributed by atoms with Crippen LogP contribution in [0.3, 0.4) is 0 Å². The van der Waals surface area contributed by atoms with Crippen molar-refractivity contribution >= 4 is 16.9 Å². The fraction of sp³-hybridized carbons (Fsp3) is 0.545. The number of rotatable bonds is 3. The lowest BCUT2D eigenvalue weighted by atomic mass is 10.3. The molecule has 1 aliphatic heterocycles. The summed E-state index contributed by atoms with van der Waals surface area (Å²) >= 11 is 0. The molecule has 90 valence electrons. The summed E-state index contributed by atoms with van der Waals surface area (Å²) in [5.41, 5.74) is 0.836. The van der Waals surface area contributed by atoms with E-state index in [0.717, 1.165) is 42.8 Å². The Hall–Kier alpha value is -1.69. The van der Waals surface area contributed by atoms with Gasteiger partial charge in [0.2, 0.25) is 0 Å². The van der Waals surface area contributed by atoms with Crippen molar-refractivity contribution in [1.82, 2.24) is 19.7 Å². The summed E-state index contributed by atoms with van der Waals surface area (Å²) in [5.74, 6) is 0.835. The molecule has 0 aromatic carbocycles. The highest BCUT2D eigenvalue weighted by molar-refractivity contribution is 5.86. The van der Waals surface area contributed by atoms with Crippen LogP contribution in [0.1, 0.15) is 26.0 Å². The highest BCUT2D eigenvalue weighted by Crippen LogP contribution is 2.27. The third-order valence-electron chi connectivity index (χ3n) is 2.91. The Morgan fingerprint density at radius 1 is 1.53 bits per heavy atom. The minimum Gasteiger partial charge on any atom is -0.370 e. The second kappa shape index (κ2) is 4.29. The van der Waals surface area contributed by atoms with Gasteiger partial charge in [0, 0.05) is 13.2 Å². The summed E-state index contributed by atoms with van der Waals surface area (Å²) in [6, 6.07) is 0. The van der Waals surface area contributed by atoms with Crippen molar-refractivity contribution in [1.29, 1.82) is 0 Å². The van der Waals surface area contributed by atoms with Gasteiger partial charge in [-0.2, -0.15) is 5.10 Å². The van der Waals surface area contributed by atoms with Crippen LogP contribution in [-0.2, 0) is 4.74 Å². The molecule has 6 heteroatoms. The first-order valence-corrected chi connectivity index (χ1v) is 5.94. The third kappa shape index (κ3) is 1.74. The Morgan fingerprint density at radius 3 is 3.24 bits per heavy atom. The maximum absolute atomic E-state index is 5.62. The van der Waals surface area contributed by atoms with Gasteiger partial charge in [-0.1, -0.05) is 0 Å². The van der Waals surface area contributed by atoms with Crippen LogP contribution >= 0.6 is 0 Å². The summed E-state index contributed by atoms with van der Waals surface area (Å²) < 4.78 is 7.48. The summed E-state index contributed by atoms with van der Waals surface area (Å²) in [5, 5.41) is 8.53. The van der Waals surface area contributed by atoms with E-state index < -0.39 is 0 Å². The van der Waals surface area contributed by atoms with Crippen LogP contribution in [0.25, 0.3) is 11.0 Å². The maximum Gasteiger partial charge on any atom is 0.165 e. The van der Waals surface area contributed by atoms with Crippen LogP contribution < -0.4 is 5.32 Å². The second-order valence-electron chi connectivity index (χ2n) is 4.05. The first-order valence-electron chi connectivity index (χ1n) is 5.94. The SMILES string of the molecule is CCNc1ncnc2c1cnn2[C@H]1CCCO1. The molecule has 1 atom stereocenters. The predicted molar refractivity (Wildman–Crippen MR) is 63.7 cm³/mol. The highest BCUT2D eigenvalue weighted by atomic mass is 16.5. The minimum absolute atomic E-state index is 0.0249. The molecule has 0 bridgehead atoms. The zero-order valence-electron chi connectivity index (χ0n) is 9.76. The van der Waals surface area contributed by atoms with Crippen LogP contribution in [0.5, 0.6) is 0 Å². The van der Waals surface area contributed by atoms with E-state index in [1.165, 1.54) is 0 Å². The quantitative estimate of drug-likeness (QED) is 0.871. The normalized spacial score (nSPS) is 19.9. The molecule has 0 saturated carbocycles. The molecule has 0 aliphatic carbocycles. The van der Waals surface area contributed by atoms with Crippen molar-refractivity contribution < 1.29 is 4.74 Å². The molecule has 17 heavy (non-hydrogen) atoms. The predicted octanol–water partition coefficient (Wildman–Crippen LogP) is 1.57. The molecule has 0 unspecified atom stereocenters. The molecular weight excluding hydrogens is 218 g/mol. The van der Waals surface area contributed by atoms with Crippen molar-refractivity contribution in [3.63, 3.8) is 0 Å². The first kappa shape index (κ1) is 10.5. The molecule has 2 aromatic heterocycles. The molecule has 1 N–H and O–H groups in total. The highest BCUT2D eigenvalue weighted by Gasteiger charge is 2.21. The van der Waals surface area contributed by atoms with Crippen LogP contribution in [0.15, 0.2) is 12.5 Å². The van der Waals surface area contributed by atoms with Gasteiger partial charge in [0.05, 0.1) is 11.6 Å². The van der Waals surface area contributed by atoms with Crippen LogP contribution in [0, 0.1) is 0 Å². The van der Waals surface area contributed by atoms with Gasteiger partial charge in [0.1, 0.15) is 12.1 Å². The van der Waals surface area contributed by atoms with E-state index >= 15 is 0 Å². The van der Waals surface area contributed by atoms with E-state index in [1.807, 2.05) is 11.6 Å². The molecule has 0 radical (unpaired) electrons. The standard InChI is InChI=1S/C11H15N5O/c1-2-12-10-8-6-15-16(9-4-3-5-17-9)11(8)14-7-13-10/h6-7,9H,2-5H2,1H3,(H,12,13,14)/t9-/m1/s1. The summed E-state index contributed by atoms with van der Waals surface area (Å²) in [7, 11) is 0. The molecule has 1 fully saturated rings. The Morgan fingerprint density at radius 2 is 2.47 bits per heavy atom. The molecule has 1 saturated heterocycles. The zero-order chi connectivity index (χ0) is 11.7.